The third-order valence-electron chi connectivity index (χ3n) is 2.60. The van der Waals surface area contributed by atoms with E-state index in [9.17, 15) is 0 Å². The first-order valence-electron chi connectivity index (χ1n) is 4.82. The zero-order valence-corrected chi connectivity index (χ0v) is 7.70. The van der Waals surface area contributed by atoms with Gasteiger partial charge in [0, 0.05) is 24.7 Å². The van der Waals surface area contributed by atoms with Crippen molar-refractivity contribution in [2.24, 2.45) is 11.7 Å². The minimum Gasteiger partial charge on any atom is -0.399 e. The second kappa shape index (κ2) is 3.94. The fraction of sp³-hybridized carbons (Fsp3) is 0.600. The summed E-state index contributed by atoms with van der Waals surface area (Å²) in [5, 5.41) is 3.33. The molecule has 0 radical (unpaired) electrons. The van der Waals surface area contributed by atoms with Gasteiger partial charge in [-0.05, 0) is 12.5 Å². The van der Waals surface area contributed by atoms with Crippen molar-refractivity contribution in [1.82, 2.24) is 5.32 Å². The van der Waals surface area contributed by atoms with Gasteiger partial charge in [0.15, 0.2) is 0 Å². The number of allylic oxidation sites excluding steroid dienone is 2. The summed E-state index contributed by atoms with van der Waals surface area (Å²) in [7, 11) is 0. The highest BCUT2D eigenvalue weighted by Gasteiger charge is 2.22. The monoisotopic (exact) mass is 180 g/mol. The maximum atomic E-state index is 5.67. The summed E-state index contributed by atoms with van der Waals surface area (Å²) in [6, 6.07) is 0. The van der Waals surface area contributed by atoms with E-state index >= 15 is 0 Å². The molecular weight excluding hydrogens is 164 g/mol. The Hall–Kier alpha value is -0.800. The van der Waals surface area contributed by atoms with E-state index in [1.54, 1.807) is 0 Å². The van der Waals surface area contributed by atoms with Crippen LogP contribution in [0.1, 0.15) is 6.42 Å². The van der Waals surface area contributed by atoms with Gasteiger partial charge in [-0.3, -0.25) is 0 Å². The van der Waals surface area contributed by atoms with Gasteiger partial charge in [-0.1, -0.05) is 12.2 Å². The third kappa shape index (κ3) is 2.11. The Bertz CT molecular complexity index is 229. The van der Waals surface area contributed by atoms with Gasteiger partial charge in [0.05, 0.1) is 12.7 Å². The van der Waals surface area contributed by atoms with E-state index in [4.69, 9.17) is 10.5 Å². The number of hydrogen-bond acceptors (Lipinski definition) is 3. The lowest BCUT2D eigenvalue weighted by Gasteiger charge is -2.29. The van der Waals surface area contributed by atoms with Gasteiger partial charge in [0.2, 0.25) is 0 Å². The Labute approximate surface area is 78.6 Å². The normalized spacial score (nSPS) is 34.3. The average molecular weight is 180 g/mol. The highest BCUT2D eigenvalue weighted by Crippen LogP contribution is 2.20. The number of nitrogens with one attached hydrogen (secondary N) is 1. The molecule has 2 aliphatic rings. The number of hydrogen-bond donors (Lipinski definition) is 2. The molecule has 1 saturated heterocycles. The highest BCUT2D eigenvalue weighted by molar-refractivity contribution is 5.21. The van der Waals surface area contributed by atoms with E-state index in [-0.39, 0.29) is 0 Å². The molecule has 3 nitrogen and oxygen atoms in total. The minimum atomic E-state index is 0.328. The maximum absolute atomic E-state index is 5.67. The average Bonchev–Trinajstić information content (AvgIpc) is 2.20. The standard InChI is InChI=1S/C10H16N2O/c11-9-3-1-8(2-4-9)10-7-12-5-6-13-10/h1,3-4,8,10,12H,2,5-7,11H2/t8?,10-/m1/s1. The van der Waals surface area contributed by atoms with Crippen molar-refractivity contribution >= 4 is 0 Å². The number of ether oxygens (including phenoxy) is 1. The lowest BCUT2D eigenvalue weighted by atomic mass is 9.93. The van der Waals surface area contributed by atoms with Crippen molar-refractivity contribution in [3.05, 3.63) is 23.9 Å². The Morgan fingerprint density at radius 1 is 1.54 bits per heavy atom. The van der Waals surface area contributed by atoms with Gasteiger partial charge in [0.25, 0.3) is 0 Å². The first-order chi connectivity index (χ1) is 6.36. The maximum Gasteiger partial charge on any atom is 0.0765 e. The Morgan fingerprint density at radius 2 is 2.46 bits per heavy atom. The summed E-state index contributed by atoms with van der Waals surface area (Å²) in [5.74, 6) is 0.500. The molecule has 3 heteroatoms. The molecule has 1 unspecified atom stereocenters. The first-order valence-corrected chi connectivity index (χ1v) is 4.82. The largest absolute Gasteiger partial charge is 0.399 e. The van der Waals surface area contributed by atoms with Crippen LogP contribution in [0.3, 0.4) is 0 Å². The zero-order chi connectivity index (χ0) is 9.10. The molecule has 3 N–H and O–H groups in total. The van der Waals surface area contributed by atoms with Crippen LogP contribution in [0.15, 0.2) is 23.9 Å². The molecule has 1 aliphatic heterocycles. The SMILES string of the molecule is NC1=CCC([C@H]2CNCCO2)C=C1. The number of nitrogens with two attached hydrogens (primary N) is 1. The molecule has 0 spiro atoms. The van der Waals surface area contributed by atoms with Crippen LogP contribution in [0.25, 0.3) is 0 Å². The van der Waals surface area contributed by atoms with E-state index in [0.29, 0.717) is 12.0 Å². The van der Waals surface area contributed by atoms with E-state index < -0.39 is 0 Å². The molecule has 0 aromatic rings. The Balaban J connectivity index is 1.91. The molecule has 1 heterocycles. The smallest absolute Gasteiger partial charge is 0.0765 e. The minimum absolute atomic E-state index is 0.328. The molecule has 1 aliphatic carbocycles. The van der Waals surface area contributed by atoms with Gasteiger partial charge in [-0.2, -0.15) is 0 Å². The highest BCUT2D eigenvalue weighted by atomic mass is 16.5. The molecular formula is C10H16N2O. The quantitative estimate of drug-likeness (QED) is 0.614. The molecule has 0 amide bonds. The van der Waals surface area contributed by atoms with Crippen LogP contribution in [-0.4, -0.2) is 25.8 Å². The topological polar surface area (TPSA) is 47.3 Å². The molecule has 2 atom stereocenters. The molecule has 0 aromatic heterocycles. The van der Waals surface area contributed by atoms with E-state index in [0.717, 1.165) is 31.8 Å². The number of rotatable bonds is 1. The second-order valence-corrected chi connectivity index (χ2v) is 3.58. The van der Waals surface area contributed by atoms with Crippen LogP contribution < -0.4 is 11.1 Å². The predicted molar refractivity (Wildman–Crippen MR) is 52.1 cm³/mol. The van der Waals surface area contributed by atoms with Crippen LogP contribution in [0.2, 0.25) is 0 Å². The molecule has 72 valence electrons. The van der Waals surface area contributed by atoms with Crippen molar-refractivity contribution in [2.75, 3.05) is 19.7 Å². The molecule has 0 bridgehead atoms. The lowest BCUT2D eigenvalue weighted by Crippen LogP contribution is -2.42. The molecule has 2 rings (SSSR count). The summed E-state index contributed by atoms with van der Waals surface area (Å²) in [6.45, 7) is 2.77. The fourth-order valence-corrected chi connectivity index (χ4v) is 1.79. The van der Waals surface area contributed by atoms with Crippen LogP contribution in [0, 0.1) is 5.92 Å². The van der Waals surface area contributed by atoms with Crippen LogP contribution >= 0.6 is 0 Å². The van der Waals surface area contributed by atoms with Gasteiger partial charge >= 0.3 is 0 Å². The predicted octanol–water partition coefficient (Wildman–Crippen LogP) is 0.394. The van der Waals surface area contributed by atoms with Crippen molar-refractivity contribution in [2.45, 2.75) is 12.5 Å². The van der Waals surface area contributed by atoms with Crippen LogP contribution in [-0.2, 0) is 4.74 Å². The zero-order valence-electron chi connectivity index (χ0n) is 7.70. The van der Waals surface area contributed by atoms with Gasteiger partial charge < -0.3 is 15.8 Å². The van der Waals surface area contributed by atoms with Crippen molar-refractivity contribution < 1.29 is 4.74 Å². The Morgan fingerprint density at radius 3 is 3.08 bits per heavy atom. The van der Waals surface area contributed by atoms with Gasteiger partial charge in [0.1, 0.15) is 0 Å². The molecule has 0 aromatic carbocycles. The van der Waals surface area contributed by atoms with Crippen molar-refractivity contribution in [1.29, 1.82) is 0 Å². The van der Waals surface area contributed by atoms with Crippen LogP contribution in [0.4, 0.5) is 0 Å². The van der Waals surface area contributed by atoms with Crippen LogP contribution in [0.5, 0.6) is 0 Å². The van der Waals surface area contributed by atoms with Gasteiger partial charge in [-0.25, -0.2) is 0 Å². The molecule has 13 heavy (non-hydrogen) atoms. The lowest BCUT2D eigenvalue weighted by molar-refractivity contribution is 0.00353. The second-order valence-electron chi connectivity index (χ2n) is 3.58. The first kappa shape index (κ1) is 8.78. The molecule has 1 fully saturated rings. The number of morpholine rings is 1. The summed E-state index contributed by atoms with van der Waals surface area (Å²) < 4.78 is 5.67. The Kier molecular flexibility index (Phi) is 2.66. The van der Waals surface area contributed by atoms with Crippen molar-refractivity contribution in [3.63, 3.8) is 0 Å². The van der Waals surface area contributed by atoms with E-state index in [2.05, 4.69) is 17.5 Å². The summed E-state index contributed by atoms with van der Waals surface area (Å²) in [5.41, 5.74) is 6.52. The third-order valence-corrected chi connectivity index (χ3v) is 2.60. The summed E-state index contributed by atoms with van der Waals surface area (Å²) in [6.07, 6.45) is 7.55. The summed E-state index contributed by atoms with van der Waals surface area (Å²) in [4.78, 5) is 0. The van der Waals surface area contributed by atoms with E-state index in [1.165, 1.54) is 0 Å². The summed E-state index contributed by atoms with van der Waals surface area (Å²) >= 11 is 0. The van der Waals surface area contributed by atoms with Gasteiger partial charge in [-0.15, -0.1) is 0 Å². The molecule has 0 saturated carbocycles. The van der Waals surface area contributed by atoms with Crippen molar-refractivity contribution in [3.8, 4) is 0 Å². The van der Waals surface area contributed by atoms with E-state index in [1.807, 2.05) is 6.08 Å². The fourth-order valence-electron chi connectivity index (χ4n) is 1.79.